The molecular formula is C15H17NO. The molecule has 3 N–H and O–H groups in total. The van der Waals surface area contributed by atoms with E-state index in [1.54, 1.807) is 6.07 Å². The van der Waals surface area contributed by atoms with Crippen molar-refractivity contribution in [2.45, 2.75) is 19.3 Å². The maximum absolute atomic E-state index is 9.46. The molecule has 0 aromatic heterocycles. The van der Waals surface area contributed by atoms with Crippen LogP contribution in [-0.4, -0.2) is 5.11 Å². The molecule has 0 saturated heterocycles. The molecule has 0 fully saturated rings. The maximum atomic E-state index is 9.46. The molecule has 0 saturated carbocycles. The summed E-state index contributed by atoms with van der Waals surface area (Å²) in [6.07, 6.45) is 0. The summed E-state index contributed by atoms with van der Waals surface area (Å²) in [5.74, 6) is 0.137. The first kappa shape index (κ1) is 11.5. The second-order valence-electron chi connectivity index (χ2n) is 4.76. The number of hydrogen-bond acceptors (Lipinski definition) is 2. The number of nitrogen functional groups attached to an aromatic ring is 1. The summed E-state index contributed by atoms with van der Waals surface area (Å²) in [7, 11) is 0. The molecule has 2 aromatic carbocycles. The number of phenols is 1. The fraction of sp³-hybridized carbons (Fsp3) is 0.200. The van der Waals surface area contributed by atoms with Crippen LogP contribution in [-0.2, 0) is 5.41 Å². The molecule has 0 heterocycles. The molecule has 17 heavy (non-hydrogen) atoms. The number of rotatable bonds is 2. The predicted molar refractivity (Wildman–Crippen MR) is 71.1 cm³/mol. The third kappa shape index (κ3) is 2.11. The smallest absolute Gasteiger partial charge is 0.138 e. The van der Waals surface area contributed by atoms with Crippen LogP contribution in [0.5, 0.6) is 5.75 Å². The van der Waals surface area contributed by atoms with Gasteiger partial charge in [0.1, 0.15) is 5.75 Å². The van der Waals surface area contributed by atoms with Gasteiger partial charge in [-0.05, 0) is 23.3 Å². The van der Waals surface area contributed by atoms with Gasteiger partial charge in [0.15, 0.2) is 0 Å². The van der Waals surface area contributed by atoms with Gasteiger partial charge in [-0.25, -0.2) is 0 Å². The molecule has 0 aliphatic rings. The van der Waals surface area contributed by atoms with Crippen molar-refractivity contribution in [1.29, 1.82) is 0 Å². The molecule has 0 atom stereocenters. The van der Waals surface area contributed by atoms with Gasteiger partial charge in [-0.3, -0.25) is 0 Å². The lowest BCUT2D eigenvalue weighted by molar-refractivity contribution is 0.477. The van der Waals surface area contributed by atoms with E-state index in [-0.39, 0.29) is 11.2 Å². The molecule has 2 aromatic rings. The fourth-order valence-electron chi connectivity index (χ4n) is 1.96. The summed E-state index contributed by atoms with van der Waals surface area (Å²) in [4.78, 5) is 0. The minimum atomic E-state index is -0.122. The zero-order valence-corrected chi connectivity index (χ0v) is 10.1. The highest BCUT2D eigenvalue weighted by molar-refractivity contribution is 5.55. The Hall–Kier alpha value is -1.96. The van der Waals surface area contributed by atoms with Crippen LogP contribution in [0.4, 0.5) is 5.69 Å². The molecule has 0 radical (unpaired) electrons. The third-order valence-electron chi connectivity index (χ3n) is 3.24. The van der Waals surface area contributed by atoms with Gasteiger partial charge in [-0.15, -0.1) is 0 Å². The van der Waals surface area contributed by atoms with E-state index >= 15 is 0 Å². The Morgan fingerprint density at radius 2 is 1.59 bits per heavy atom. The Morgan fingerprint density at radius 1 is 0.941 bits per heavy atom. The highest BCUT2D eigenvalue weighted by Gasteiger charge is 2.23. The molecule has 88 valence electrons. The molecule has 0 aliphatic heterocycles. The summed E-state index contributed by atoms with van der Waals surface area (Å²) < 4.78 is 0. The predicted octanol–water partition coefficient (Wildman–Crippen LogP) is 3.30. The Labute approximate surface area is 102 Å². The van der Waals surface area contributed by atoms with Crippen molar-refractivity contribution in [3.63, 3.8) is 0 Å². The van der Waals surface area contributed by atoms with Crippen molar-refractivity contribution < 1.29 is 5.11 Å². The average Bonchev–Trinajstić information content (AvgIpc) is 2.33. The summed E-state index contributed by atoms with van der Waals surface area (Å²) in [6.45, 7) is 4.29. The normalized spacial score (nSPS) is 11.4. The molecule has 2 heteroatoms. The molecule has 0 aliphatic carbocycles. The molecule has 0 amide bonds. The van der Waals surface area contributed by atoms with Gasteiger partial charge in [0.25, 0.3) is 0 Å². The molecule has 2 nitrogen and oxygen atoms in total. The Morgan fingerprint density at radius 3 is 2.18 bits per heavy atom. The zero-order valence-electron chi connectivity index (χ0n) is 10.1. The van der Waals surface area contributed by atoms with Crippen molar-refractivity contribution in [1.82, 2.24) is 0 Å². The fourth-order valence-corrected chi connectivity index (χ4v) is 1.96. The largest absolute Gasteiger partial charge is 0.506 e. The minimum absolute atomic E-state index is 0.122. The molecule has 0 bridgehead atoms. The second-order valence-corrected chi connectivity index (χ2v) is 4.76. The summed E-state index contributed by atoms with van der Waals surface area (Å²) in [5.41, 5.74) is 8.37. The van der Waals surface area contributed by atoms with Crippen LogP contribution in [0, 0.1) is 0 Å². The lowest BCUT2D eigenvalue weighted by Crippen LogP contribution is -2.18. The Balaban J connectivity index is 2.48. The lowest BCUT2D eigenvalue weighted by Gasteiger charge is -2.26. The monoisotopic (exact) mass is 227 g/mol. The van der Waals surface area contributed by atoms with E-state index in [2.05, 4.69) is 26.0 Å². The number of aromatic hydroxyl groups is 1. The van der Waals surface area contributed by atoms with Gasteiger partial charge >= 0.3 is 0 Å². The van der Waals surface area contributed by atoms with Crippen LogP contribution in [0.15, 0.2) is 48.5 Å². The van der Waals surface area contributed by atoms with Crippen LogP contribution in [0.25, 0.3) is 0 Å². The van der Waals surface area contributed by atoms with Gasteiger partial charge in [0.2, 0.25) is 0 Å². The van der Waals surface area contributed by atoms with Gasteiger partial charge < -0.3 is 10.8 Å². The Kier molecular flexibility index (Phi) is 2.80. The van der Waals surface area contributed by atoms with Crippen LogP contribution in [0.2, 0.25) is 0 Å². The van der Waals surface area contributed by atoms with E-state index in [0.717, 1.165) is 5.56 Å². The minimum Gasteiger partial charge on any atom is -0.506 e. The number of phenolic OH excluding ortho intramolecular Hbond substituents is 1. The number of nitrogens with two attached hydrogens (primary N) is 1. The van der Waals surface area contributed by atoms with E-state index in [1.807, 2.05) is 30.3 Å². The van der Waals surface area contributed by atoms with Crippen LogP contribution < -0.4 is 5.73 Å². The van der Waals surface area contributed by atoms with Crippen molar-refractivity contribution in [2.75, 3.05) is 5.73 Å². The summed E-state index contributed by atoms with van der Waals surface area (Å²) >= 11 is 0. The number of hydrogen-bond donors (Lipinski definition) is 2. The lowest BCUT2D eigenvalue weighted by atomic mass is 9.78. The molecule has 0 unspecified atom stereocenters. The first-order chi connectivity index (χ1) is 8.01. The number of benzene rings is 2. The van der Waals surface area contributed by atoms with E-state index in [4.69, 9.17) is 5.73 Å². The third-order valence-corrected chi connectivity index (χ3v) is 3.24. The van der Waals surface area contributed by atoms with E-state index in [9.17, 15) is 5.11 Å². The van der Waals surface area contributed by atoms with Crippen molar-refractivity contribution in [2.24, 2.45) is 0 Å². The van der Waals surface area contributed by atoms with Gasteiger partial charge in [0.05, 0.1) is 5.69 Å². The van der Waals surface area contributed by atoms with Crippen molar-refractivity contribution in [3.8, 4) is 5.75 Å². The van der Waals surface area contributed by atoms with Crippen LogP contribution in [0.1, 0.15) is 25.0 Å². The summed E-state index contributed by atoms with van der Waals surface area (Å²) in [5, 5.41) is 9.46. The van der Waals surface area contributed by atoms with Gasteiger partial charge in [-0.2, -0.15) is 0 Å². The van der Waals surface area contributed by atoms with Crippen molar-refractivity contribution >= 4 is 5.69 Å². The zero-order chi connectivity index (χ0) is 12.5. The second kappa shape index (κ2) is 4.13. The molecule has 0 spiro atoms. The van der Waals surface area contributed by atoms with Gasteiger partial charge in [-0.1, -0.05) is 50.2 Å². The van der Waals surface area contributed by atoms with E-state index < -0.39 is 0 Å². The number of anilines is 1. The molecular weight excluding hydrogens is 210 g/mol. The van der Waals surface area contributed by atoms with E-state index in [1.165, 1.54) is 5.56 Å². The van der Waals surface area contributed by atoms with Gasteiger partial charge in [0, 0.05) is 5.41 Å². The highest BCUT2D eigenvalue weighted by atomic mass is 16.3. The standard InChI is InChI=1S/C15H17NO/c1-15(2,11-6-4-3-5-7-11)12-8-9-14(17)13(16)10-12/h3-10,17H,16H2,1-2H3. The average molecular weight is 227 g/mol. The molecule has 2 rings (SSSR count). The first-order valence-electron chi connectivity index (χ1n) is 5.66. The highest BCUT2D eigenvalue weighted by Crippen LogP contribution is 2.34. The maximum Gasteiger partial charge on any atom is 0.138 e. The summed E-state index contributed by atoms with van der Waals surface area (Å²) in [6, 6.07) is 15.7. The van der Waals surface area contributed by atoms with E-state index in [0.29, 0.717) is 5.69 Å². The topological polar surface area (TPSA) is 46.2 Å². The Bertz CT molecular complexity index is 518. The van der Waals surface area contributed by atoms with Crippen LogP contribution in [0.3, 0.4) is 0 Å². The SMILES string of the molecule is CC(C)(c1ccccc1)c1ccc(O)c(N)c1. The van der Waals surface area contributed by atoms with Crippen molar-refractivity contribution in [3.05, 3.63) is 59.7 Å². The quantitative estimate of drug-likeness (QED) is 0.610. The van der Waals surface area contributed by atoms with Crippen LogP contribution >= 0.6 is 0 Å². The first-order valence-corrected chi connectivity index (χ1v) is 5.66.